The summed E-state index contributed by atoms with van der Waals surface area (Å²) in [6.07, 6.45) is -0.685. The van der Waals surface area contributed by atoms with Crippen LogP contribution in [0.3, 0.4) is 0 Å². The molecule has 1 heterocycles. The standard InChI is InChI=1S/C14H9Cl2NO2S/c1-8(14(18)12-4-5-13(16)20-12)19-11-3-2-9(7-17)6-10(11)15/h2-6,8H,1H3. The summed E-state index contributed by atoms with van der Waals surface area (Å²) in [5.74, 6) is 0.205. The van der Waals surface area contributed by atoms with Crippen molar-refractivity contribution in [3.8, 4) is 11.8 Å². The van der Waals surface area contributed by atoms with Gasteiger partial charge in [-0.2, -0.15) is 5.26 Å². The van der Waals surface area contributed by atoms with E-state index in [-0.39, 0.29) is 5.78 Å². The van der Waals surface area contributed by atoms with Gasteiger partial charge in [0.05, 0.1) is 25.9 Å². The van der Waals surface area contributed by atoms with Gasteiger partial charge in [-0.3, -0.25) is 4.79 Å². The second kappa shape index (κ2) is 6.27. The Hall–Kier alpha value is -1.54. The lowest BCUT2D eigenvalue weighted by molar-refractivity contribution is 0.0822. The SMILES string of the molecule is CC(Oc1ccc(C#N)cc1Cl)C(=O)c1ccc(Cl)s1. The third kappa shape index (κ3) is 3.31. The average molecular weight is 326 g/mol. The maximum Gasteiger partial charge on any atom is 0.212 e. The Labute approximate surface area is 130 Å². The molecule has 20 heavy (non-hydrogen) atoms. The van der Waals surface area contributed by atoms with Crippen LogP contribution in [0.2, 0.25) is 9.36 Å². The largest absolute Gasteiger partial charge is 0.481 e. The van der Waals surface area contributed by atoms with Crippen molar-refractivity contribution in [2.45, 2.75) is 13.0 Å². The summed E-state index contributed by atoms with van der Waals surface area (Å²) in [5, 5.41) is 9.06. The molecule has 1 atom stereocenters. The Kier molecular flexibility index (Phi) is 4.66. The maximum atomic E-state index is 12.1. The van der Waals surface area contributed by atoms with Crippen LogP contribution in [0.25, 0.3) is 0 Å². The molecule has 0 saturated heterocycles. The van der Waals surface area contributed by atoms with Gasteiger partial charge in [-0.05, 0) is 37.3 Å². The number of carbonyl (C=O) groups excluding carboxylic acids is 1. The van der Waals surface area contributed by atoms with E-state index in [4.69, 9.17) is 33.2 Å². The van der Waals surface area contributed by atoms with Crippen LogP contribution in [0.1, 0.15) is 22.2 Å². The van der Waals surface area contributed by atoms with Crippen molar-refractivity contribution < 1.29 is 9.53 Å². The Morgan fingerprint density at radius 1 is 1.35 bits per heavy atom. The van der Waals surface area contributed by atoms with Crippen LogP contribution in [0.5, 0.6) is 5.75 Å². The molecule has 0 N–H and O–H groups in total. The van der Waals surface area contributed by atoms with Gasteiger partial charge in [0.2, 0.25) is 5.78 Å². The summed E-state index contributed by atoms with van der Waals surface area (Å²) < 4.78 is 6.10. The molecule has 2 rings (SSSR count). The summed E-state index contributed by atoms with van der Waals surface area (Å²) in [6.45, 7) is 1.64. The number of ketones is 1. The molecule has 1 unspecified atom stereocenters. The van der Waals surface area contributed by atoms with E-state index in [9.17, 15) is 4.79 Å². The number of Topliss-reactive ketones (excluding diaryl/α,β-unsaturated/α-hetero) is 1. The molecule has 1 aromatic heterocycles. The molecular formula is C14H9Cl2NO2S. The maximum absolute atomic E-state index is 12.1. The van der Waals surface area contributed by atoms with Crippen molar-refractivity contribution in [3.05, 3.63) is 50.1 Å². The van der Waals surface area contributed by atoms with E-state index >= 15 is 0 Å². The van der Waals surface area contributed by atoms with E-state index in [0.717, 1.165) is 0 Å². The van der Waals surface area contributed by atoms with Gasteiger partial charge < -0.3 is 4.74 Å². The third-order valence-corrected chi connectivity index (χ3v) is 4.09. The molecule has 0 radical (unpaired) electrons. The number of hydrogen-bond acceptors (Lipinski definition) is 4. The molecule has 3 nitrogen and oxygen atoms in total. The molecule has 102 valence electrons. The van der Waals surface area contributed by atoms with E-state index in [1.54, 1.807) is 31.2 Å². The molecule has 0 aliphatic carbocycles. The predicted octanol–water partition coefficient (Wildman–Crippen LogP) is 4.58. The normalized spacial score (nSPS) is 11.7. The molecule has 0 fully saturated rings. The number of benzene rings is 1. The number of nitriles is 1. The molecule has 1 aromatic carbocycles. The van der Waals surface area contributed by atoms with Crippen molar-refractivity contribution in [2.75, 3.05) is 0 Å². The number of thiophene rings is 1. The van der Waals surface area contributed by atoms with Crippen molar-refractivity contribution in [2.24, 2.45) is 0 Å². The molecule has 0 bridgehead atoms. The van der Waals surface area contributed by atoms with Crippen LogP contribution in [0.15, 0.2) is 30.3 Å². The highest BCUT2D eigenvalue weighted by molar-refractivity contribution is 7.18. The van der Waals surface area contributed by atoms with Crippen LogP contribution < -0.4 is 4.74 Å². The lowest BCUT2D eigenvalue weighted by Crippen LogP contribution is -2.23. The zero-order chi connectivity index (χ0) is 14.7. The van der Waals surface area contributed by atoms with Gasteiger partial charge in [0, 0.05) is 0 Å². The molecule has 2 aromatic rings. The van der Waals surface area contributed by atoms with E-state index in [0.29, 0.717) is 25.5 Å². The minimum absolute atomic E-state index is 0.165. The van der Waals surface area contributed by atoms with Gasteiger partial charge >= 0.3 is 0 Å². The molecule has 6 heteroatoms. The number of carbonyl (C=O) groups is 1. The van der Waals surface area contributed by atoms with Crippen LogP contribution in [0, 0.1) is 11.3 Å². The van der Waals surface area contributed by atoms with Gasteiger partial charge in [0.25, 0.3) is 0 Å². The van der Waals surface area contributed by atoms with E-state index < -0.39 is 6.10 Å². The summed E-state index contributed by atoms with van der Waals surface area (Å²) >= 11 is 13.0. The summed E-state index contributed by atoms with van der Waals surface area (Å²) in [5.41, 5.74) is 0.436. The van der Waals surface area contributed by atoms with Gasteiger partial charge in [-0.1, -0.05) is 23.2 Å². The monoisotopic (exact) mass is 325 g/mol. The fraction of sp³-hybridized carbons (Fsp3) is 0.143. The number of nitrogens with zero attached hydrogens (tertiary/aromatic N) is 1. The zero-order valence-electron chi connectivity index (χ0n) is 10.4. The summed E-state index contributed by atoms with van der Waals surface area (Å²) in [7, 11) is 0. The topological polar surface area (TPSA) is 50.1 Å². The van der Waals surface area contributed by atoms with Crippen molar-refractivity contribution in [1.29, 1.82) is 5.26 Å². The van der Waals surface area contributed by atoms with E-state index in [2.05, 4.69) is 0 Å². The number of ether oxygens (including phenoxy) is 1. The first kappa shape index (κ1) is 14.9. The minimum Gasteiger partial charge on any atom is -0.481 e. The van der Waals surface area contributed by atoms with Gasteiger partial charge in [-0.15, -0.1) is 11.3 Å². The first-order chi connectivity index (χ1) is 9.51. The van der Waals surface area contributed by atoms with E-state index in [1.807, 2.05) is 6.07 Å². The molecule has 0 aliphatic heterocycles. The van der Waals surface area contributed by atoms with Crippen LogP contribution in [-0.2, 0) is 0 Å². The first-order valence-corrected chi connectivity index (χ1v) is 7.24. The van der Waals surface area contributed by atoms with Crippen LogP contribution in [-0.4, -0.2) is 11.9 Å². The van der Waals surface area contributed by atoms with Gasteiger partial charge in [0.15, 0.2) is 6.10 Å². The summed E-state index contributed by atoms with van der Waals surface area (Å²) in [6, 6.07) is 9.96. The van der Waals surface area contributed by atoms with Crippen LogP contribution in [0.4, 0.5) is 0 Å². The summed E-state index contributed by atoms with van der Waals surface area (Å²) in [4.78, 5) is 12.7. The fourth-order valence-electron chi connectivity index (χ4n) is 1.56. The molecule has 0 amide bonds. The Balaban J connectivity index is 2.14. The van der Waals surface area contributed by atoms with Crippen molar-refractivity contribution in [3.63, 3.8) is 0 Å². The third-order valence-electron chi connectivity index (χ3n) is 2.55. The second-order valence-corrected chi connectivity index (χ2v) is 6.11. The number of rotatable bonds is 4. The van der Waals surface area contributed by atoms with Crippen molar-refractivity contribution in [1.82, 2.24) is 0 Å². The number of halogens is 2. The lowest BCUT2D eigenvalue weighted by atomic mass is 10.2. The molecule has 0 saturated carbocycles. The highest BCUT2D eigenvalue weighted by Crippen LogP contribution is 2.28. The highest BCUT2D eigenvalue weighted by atomic mass is 35.5. The Bertz CT molecular complexity index is 691. The van der Waals surface area contributed by atoms with Crippen molar-refractivity contribution >= 4 is 40.3 Å². The minimum atomic E-state index is -0.685. The highest BCUT2D eigenvalue weighted by Gasteiger charge is 2.19. The molecule has 0 spiro atoms. The Morgan fingerprint density at radius 3 is 2.65 bits per heavy atom. The molecule has 0 aliphatic rings. The quantitative estimate of drug-likeness (QED) is 0.773. The number of hydrogen-bond donors (Lipinski definition) is 0. The van der Waals surface area contributed by atoms with E-state index in [1.165, 1.54) is 17.4 Å². The van der Waals surface area contributed by atoms with Crippen LogP contribution >= 0.6 is 34.5 Å². The average Bonchev–Trinajstić information content (AvgIpc) is 2.86. The van der Waals surface area contributed by atoms with Gasteiger partial charge in [-0.25, -0.2) is 0 Å². The second-order valence-electron chi connectivity index (χ2n) is 3.99. The molecular weight excluding hydrogens is 317 g/mol. The first-order valence-electron chi connectivity index (χ1n) is 5.67. The predicted molar refractivity (Wildman–Crippen MR) is 79.9 cm³/mol. The fourth-order valence-corrected chi connectivity index (χ4v) is 2.84. The Morgan fingerprint density at radius 2 is 2.10 bits per heavy atom. The smallest absolute Gasteiger partial charge is 0.212 e. The van der Waals surface area contributed by atoms with Gasteiger partial charge in [0.1, 0.15) is 5.75 Å². The zero-order valence-corrected chi connectivity index (χ0v) is 12.7. The lowest BCUT2D eigenvalue weighted by Gasteiger charge is -2.14.